The van der Waals surface area contributed by atoms with Crippen molar-refractivity contribution in [2.75, 3.05) is 28.8 Å². The lowest BCUT2D eigenvalue weighted by Crippen LogP contribution is -2.32. The quantitative estimate of drug-likeness (QED) is 0.862. The lowest BCUT2D eigenvalue weighted by Gasteiger charge is -2.25. The summed E-state index contributed by atoms with van der Waals surface area (Å²) in [5.74, 6) is 0.193. The minimum atomic E-state index is -2.95. The summed E-state index contributed by atoms with van der Waals surface area (Å²) in [4.78, 5) is 18.2. The molecule has 0 spiro atoms. The first-order valence-electron chi connectivity index (χ1n) is 8.26. The molecule has 1 aromatic carbocycles. The number of hydrogen-bond donors (Lipinski definition) is 1. The first-order chi connectivity index (χ1) is 12.3. The molecule has 8 heteroatoms. The monoisotopic (exact) mass is 377 g/mol. The molecule has 1 amide bonds. The molecular formula is C18H20FN3O3S. The van der Waals surface area contributed by atoms with Crippen LogP contribution in [0.4, 0.5) is 15.9 Å². The molecule has 0 saturated carbocycles. The van der Waals surface area contributed by atoms with Crippen LogP contribution in [0.1, 0.15) is 12.0 Å². The van der Waals surface area contributed by atoms with Gasteiger partial charge in [-0.05, 0) is 36.2 Å². The molecule has 0 bridgehead atoms. The van der Waals surface area contributed by atoms with Gasteiger partial charge in [0.1, 0.15) is 11.6 Å². The normalized spacial score (nSPS) is 18.5. The van der Waals surface area contributed by atoms with Crippen LogP contribution in [0.5, 0.6) is 0 Å². The molecule has 26 heavy (non-hydrogen) atoms. The molecule has 1 aliphatic heterocycles. The number of carbonyl (C=O) groups excluding carboxylic acids is 1. The highest BCUT2D eigenvalue weighted by Gasteiger charge is 2.30. The van der Waals surface area contributed by atoms with E-state index in [1.165, 1.54) is 12.1 Å². The van der Waals surface area contributed by atoms with Crippen LogP contribution in [-0.2, 0) is 21.1 Å². The van der Waals surface area contributed by atoms with Crippen LogP contribution in [-0.4, -0.2) is 43.9 Å². The Kier molecular flexibility index (Phi) is 5.22. The van der Waals surface area contributed by atoms with Crippen molar-refractivity contribution in [3.63, 3.8) is 0 Å². The molecule has 1 aliphatic rings. The molecule has 2 aromatic rings. The summed E-state index contributed by atoms with van der Waals surface area (Å²) >= 11 is 0. The third kappa shape index (κ3) is 4.57. The lowest BCUT2D eigenvalue weighted by molar-refractivity contribution is -0.115. The summed E-state index contributed by atoms with van der Waals surface area (Å²) in [5, 5.41) is 2.70. The number of aromatic nitrogens is 1. The first-order valence-corrected chi connectivity index (χ1v) is 10.1. The third-order valence-corrected chi connectivity index (χ3v) is 6.21. The van der Waals surface area contributed by atoms with Gasteiger partial charge in [0.2, 0.25) is 5.91 Å². The van der Waals surface area contributed by atoms with Gasteiger partial charge >= 0.3 is 0 Å². The second-order valence-corrected chi connectivity index (χ2v) is 8.65. The van der Waals surface area contributed by atoms with E-state index >= 15 is 0 Å². The highest BCUT2D eigenvalue weighted by molar-refractivity contribution is 7.91. The van der Waals surface area contributed by atoms with Gasteiger partial charge < -0.3 is 10.2 Å². The molecule has 1 unspecified atom stereocenters. The van der Waals surface area contributed by atoms with Gasteiger partial charge in [0.05, 0.1) is 29.8 Å². The fourth-order valence-electron chi connectivity index (χ4n) is 2.93. The standard InChI is InChI=1S/C18H20FN3O3S/c1-22(16-8-9-26(24,25)12-16)15-6-7-17(20-11-15)21-18(23)10-13-2-4-14(19)5-3-13/h2-7,11,16H,8-10,12H2,1H3,(H,20,21,23). The highest BCUT2D eigenvalue weighted by Crippen LogP contribution is 2.23. The number of nitrogens with one attached hydrogen (secondary N) is 1. The summed E-state index contributed by atoms with van der Waals surface area (Å²) in [6.45, 7) is 0. The second-order valence-electron chi connectivity index (χ2n) is 6.42. The molecule has 1 saturated heterocycles. The first kappa shape index (κ1) is 18.3. The van der Waals surface area contributed by atoms with Gasteiger partial charge in [0, 0.05) is 13.1 Å². The van der Waals surface area contributed by atoms with Crippen LogP contribution >= 0.6 is 0 Å². The predicted molar refractivity (Wildman–Crippen MR) is 98.4 cm³/mol. The van der Waals surface area contributed by atoms with E-state index in [0.717, 1.165) is 5.69 Å². The second kappa shape index (κ2) is 7.41. The maximum Gasteiger partial charge on any atom is 0.229 e. The molecule has 0 aliphatic carbocycles. The fourth-order valence-corrected chi connectivity index (χ4v) is 4.71. The van der Waals surface area contributed by atoms with Crippen LogP contribution in [0.15, 0.2) is 42.6 Å². The van der Waals surface area contributed by atoms with Crippen LogP contribution in [0.3, 0.4) is 0 Å². The van der Waals surface area contributed by atoms with E-state index < -0.39 is 9.84 Å². The van der Waals surface area contributed by atoms with Gasteiger partial charge in [0.25, 0.3) is 0 Å². The number of sulfone groups is 1. The minimum absolute atomic E-state index is 0.0549. The number of hydrogen-bond acceptors (Lipinski definition) is 5. The van der Waals surface area contributed by atoms with Crippen molar-refractivity contribution in [2.45, 2.75) is 18.9 Å². The van der Waals surface area contributed by atoms with Crippen LogP contribution in [0, 0.1) is 5.82 Å². The van der Waals surface area contributed by atoms with Crippen LogP contribution in [0.25, 0.3) is 0 Å². The predicted octanol–water partition coefficient (Wildman–Crippen LogP) is 2.03. The minimum Gasteiger partial charge on any atom is -0.369 e. The van der Waals surface area contributed by atoms with Gasteiger partial charge in [-0.25, -0.2) is 17.8 Å². The number of pyridine rings is 1. The van der Waals surface area contributed by atoms with Gasteiger partial charge in [-0.3, -0.25) is 4.79 Å². The van der Waals surface area contributed by atoms with E-state index in [4.69, 9.17) is 0 Å². The van der Waals surface area contributed by atoms with Crippen molar-refractivity contribution in [3.8, 4) is 0 Å². The molecule has 3 rings (SSSR count). The van der Waals surface area contributed by atoms with Gasteiger partial charge in [-0.1, -0.05) is 12.1 Å². The molecule has 1 atom stereocenters. The summed E-state index contributed by atoms with van der Waals surface area (Å²) in [6.07, 6.45) is 2.34. The zero-order valence-corrected chi connectivity index (χ0v) is 15.2. The Balaban J connectivity index is 1.58. The van der Waals surface area contributed by atoms with Crippen molar-refractivity contribution >= 4 is 27.2 Å². The molecule has 1 aromatic heterocycles. The molecule has 6 nitrogen and oxygen atoms in total. The van der Waals surface area contributed by atoms with Gasteiger partial charge in [-0.15, -0.1) is 0 Å². The van der Waals surface area contributed by atoms with Crippen molar-refractivity contribution in [1.29, 1.82) is 0 Å². The average Bonchev–Trinajstić information content (AvgIpc) is 2.97. The number of carbonyl (C=O) groups is 1. The van der Waals surface area contributed by atoms with E-state index in [1.807, 2.05) is 11.9 Å². The number of nitrogens with zero attached hydrogens (tertiary/aromatic N) is 2. The molecule has 138 valence electrons. The zero-order valence-electron chi connectivity index (χ0n) is 14.4. The Morgan fingerprint density at radius 1 is 1.27 bits per heavy atom. The number of anilines is 2. The lowest BCUT2D eigenvalue weighted by atomic mass is 10.1. The average molecular weight is 377 g/mol. The van der Waals surface area contributed by atoms with Crippen LogP contribution in [0.2, 0.25) is 0 Å². The van der Waals surface area contributed by atoms with Gasteiger partial charge in [-0.2, -0.15) is 0 Å². The van der Waals surface area contributed by atoms with Gasteiger partial charge in [0.15, 0.2) is 9.84 Å². The Morgan fingerprint density at radius 2 is 2.00 bits per heavy atom. The van der Waals surface area contributed by atoms with E-state index in [0.29, 0.717) is 17.8 Å². The van der Waals surface area contributed by atoms with E-state index in [2.05, 4.69) is 10.3 Å². The summed E-state index contributed by atoms with van der Waals surface area (Å²) in [6, 6.07) is 9.18. The Morgan fingerprint density at radius 3 is 2.58 bits per heavy atom. The largest absolute Gasteiger partial charge is 0.369 e. The van der Waals surface area contributed by atoms with Crippen molar-refractivity contribution < 1.29 is 17.6 Å². The summed E-state index contributed by atoms with van der Waals surface area (Å²) in [5.41, 5.74) is 1.51. The highest BCUT2D eigenvalue weighted by atomic mass is 32.2. The number of rotatable bonds is 5. The molecule has 1 N–H and O–H groups in total. The molecule has 1 fully saturated rings. The fraction of sp³-hybridized carbons (Fsp3) is 0.333. The Labute approximate surface area is 152 Å². The smallest absolute Gasteiger partial charge is 0.229 e. The summed E-state index contributed by atoms with van der Waals surface area (Å²) < 4.78 is 36.1. The molecule has 0 radical (unpaired) electrons. The maximum absolute atomic E-state index is 12.9. The SMILES string of the molecule is CN(c1ccc(NC(=O)Cc2ccc(F)cc2)nc1)C1CCS(=O)(=O)C1. The number of amides is 1. The molecular weight excluding hydrogens is 357 g/mol. The van der Waals surface area contributed by atoms with Crippen molar-refractivity contribution in [1.82, 2.24) is 4.98 Å². The zero-order chi connectivity index (χ0) is 18.7. The topological polar surface area (TPSA) is 79.4 Å². The Hall–Kier alpha value is -2.48. The number of benzene rings is 1. The Bertz CT molecular complexity index is 883. The van der Waals surface area contributed by atoms with Crippen molar-refractivity contribution in [2.24, 2.45) is 0 Å². The van der Waals surface area contributed by atoms with Crippen molar-refractivity contribution in [3.05, 3.63) is 54.0 Å². The third-order valence-electron chi connectivity index (χ3n) is 4.46. The maximum atomic E-state index is 12.9. The molecule has 2 heterocycles. The van der Waals surface area contributed by atoms with E-state index in [9.17, 15) is 17.6 Å². The van der Waals surface area contributed by atoms with E-state index in [1.54, 1.807) is 30.5 Å². The van der Waals surface area contributed by atoms with Crippen LogP contribution < -0.4 is 10.2 Å². The summed E-state index contributed by atoms with van der Waals surface area (Å²) in [7, 11) is -1.11. The number of halogens is 1. The van der Waals surface area contributed by atoms with E-state index in [-0.39, 0.29) is 35.7 Å².